The summed E-state index contributed by atoms with van der Waals surface area (Å²) in [6.07, 6.45) is -0.542. The van der Waals surface area contributed by atoms with Gasteiger partial charge in [-0.1, -0.05) is 24.3 Å². The van der Waals surface area contributed by atoms with E-state index >= 15 is 0 Å². The molecule has 2 aromatic carbocycles. The van der Waals surface area contributed by atoms with Crippen molar-refractivity contribution in [3.05, 3.63) is 59.1 Å². The first-order chi connectivity index (χ1) is 12.6. The minimum Gasteiger partial charge on any atom is -0.497 e. The van der Waals surface area contributed by atoms with E-state index in [1.165, 1.54) is 4.70 Å². The molecule has 0 aliphatic carbocycles. The highest BCUT2D eigenvalue weighted by Crippen LogP contribution is 2.22. The Kier molecular flexibility index (Phi) is 6.57. The third kappa shape index (κ3) is 5.25. The fraction of sp³-hybridized carbons (Fsp3) is 0.350. The molecule has 3 rings (SSSR count). The molecule has 1 atom stereocenters. The normalized spacial score (nSPS) is 12.6. The van der Waals surface area contributed by atoms with E-state index in [9.17, 15) is 5.11 Å². The zero-order chi connectivity index (χ0) is 18.4. The molecule has 0 aliphatic heterocycles. The lowest BCUT2D eigenvalue weighted by Gasteiger charge is -2.19. The van der Waals surface area contributed by atoms with Crippen molar-refractivity contribution >= 4 is 21.6 Å². The van der Waals surface area contributed by atoms with Crippen molar-refractivity contribution in [1.82, 2.24) is 9.88 Å². The van der Waals surface area contributed by atoms with Crippen molar-refractivity contribution < 1.29 is 14.6 Å². The summed E-state index contributed by atoms with van der Waals surface area (Å²) in [5.74, 6) is 0.808. The van der Waals surface area contributed by atoms with Crippen LogP contribution in [0.2, 0.25) is 0 Å². The maximum Gasteiger partial charge on any atom is 0.119 e. The summed E-state index contributed by atoms with van der Waals surface area (Å²) in [6.45, 7) is 2.00. The van der Waals surface area contributed by atoms with Crippen molar-refractivity contribution in [2.45, 2.75) is 19.3 Å². The molecule has 0 aliphatic rings. The third-order valence-electron chi connectivity index (χ3n) is 3.98. The SMILES string of the molecule is COc1cccc(COCC(O)CN(C)Cc2nc3ccccc3s2)c1. The van der Waals surface area contributed by atoms with Crippen LogP contribution in [0, 0.1) is 0 Å². The van der Waals surface area contributed by atoms with Gasteiger partial charge < -0.3 is 14.6 Å². The predicted molar refractivity (Wildman–Crippen MR) is 105 cm³/mol. The first-order valence-electron chi connectivity index (χ1n) is 8.56. The lowest BCUT2D eigenvalue weighted by Crippen LogP contribution is -2.31. The molecule has 6 heteroatoms. The lowest BCUT2D eigenvalue weighted by molar-refractivity contribution is 0.0127. The number of aromatic nitrogens is 1. The van der Waals surface area contributed by atoms with E-state index in [2.05, 4.69) is 16.0 Å². The molecule has 138 valence electrons. The van der Waals surface area contributed by atoms with Crippen LogP contribution in [0.15, 0.2) is 48.5 Å². The standard InChI is InChI=1S/C20H24N2O3S/c1-22(12-20-21-18-8-3-4-9-19(18)26-20)11-16(23)14-25-13-15-6-5-7-17(10-15)24-2/h3-10,16,23H,11-14H2,1-2H3. The molecule has 0 saturated carbocycles. The molecule has 1 heterocycles. The van der Waals surface area contributed by atoms with Gasteiger partial charge in [0.1, 0.15) is 10.8 Å². The van der Waals surface area contributed by atoms with E-state index in [0.717, 1.165) is 21.8 Å². The van der Waals surface area contributed by atoms with Crippen LogP contribution in [-0.4, -0.2) is 48.4 Å². The first kappa shape index (κ1) is 18.8. The number of fused-ring (bicyclic) bond motifs is 1. The Labute approximate surface area is 157 Å². The monoisotopic (exact) mass is 372 g/mol. The van der Waals surface area contributed by atoms with Gasteiger partial charge in [-0.25, -0.2) is 4.98 Å². The molecule has 1 aromatic heterocycles. The Morgan fingerprint density at radius 1 is 1.19 bits per heavy atom. The number of methoxy groups -OCH3 is 1. The van der Waals surface area contributed by atoms with E-state index in [-0.39, 0.29) is 0 Å². The second-order valence-corrected chi connectivity index (χ2v) is 7.41. The van der Waals surface area contributed by atoms with Gasteiger partial charge in [-0.15, -0.1) is 11.3 Å². The number of aliphatic hydroxyl groups is 1. The number of aliphatic hydroxyl groups excluding tert-OH is 1. The second-order valence-electron chi connectivity index (χ2n) is 6.29. The van der Waals surface area contributed by atoms with Crippen LogP contribution in [-0.2, 0) is 17.9 Å². The maximum absolute atomic E-state index is 10.2. The van der Waals surface area contributed by atoms with Gasteiger partial charge >= 0.3 is 0 Å². The zero-order valence-corrected chi connectivity index (χ0v) is 15.9. The number of benzene rings is 2. The van der Waals surface area contributed by atoms with Crippen LogP contribution in [0.5, 0.6) is 5.75 Å². The van der Waals surface area contributed by atoms with Gasteiger partial charge in [0, 0.05) is 6.54 Å². The zero-order valence-electron chi connectivity index (χ0n) is 15.1. The Bertz CT molecular complexity index is 804. The van der Waals surface area contributed by atoms with E-state index in [0.29, 0.717) is 26.3 Å². The number of ether oxygens (including phenoxy) is 2. The second kappa shape index (κ2) is 9.09. The van der Waals surface area contributed by atoms with Crippen LogP contribution < -0.4 is 4.74 Å². The molecule has 1 unspecified atom stereocenters. The smallest absolute Gasteiger partial charge is 0.119 e. The van der Waals surface area contributed by atoms with E-state index < -0.39 is 6.10 Å². The number of para-hydroxylation sites is 1. The first-order valence-corrected chi connectivity index (χ1v) is 9.37. The predicted octanol–water partition coefficient (Wildman–Crippen LogP) is 3.31. The van der Waals surface area contributed by atoms with Crippen molar-refractivity contribution in [3.8, 4) is 5.75 Å². The summed E-state index contributed by atoms with van der Waals surface area (Å²) < 4.78 is 12.0. The minimum atomic E-state index is -0.542. The molecule has 0 bridgehead atoms. The number of hydrogen-bond acceptors (Lipinski definition) is 6. The van der Waals surface area contributed by atoms with Gasteiger partial charge in [-0.2, -0.15) is 0 Å². The molecule has 0 amide bonds. The highest BCUT2D eigenvalue weighted by Gasteiger charge is 2.11. The Balaban J connectivity index is 1.42. The van der Waals surface area contributed by atoms with Crippen LogP contribution in [0.3, 0.4) is 0 Å². The molecule has 0 radical (unpaired) electrons. The average Bonchev–Trinajstić information content (AvgIpc) is 3.03. The number of rotatable bonds is 9. The fourth-order valence-corrected chi connectivity index (χ4v) is 3.82. The summed E-state index contributed by atoms with van der Waals surface area (Å²) >= 11 is 1.69. The van der Waals surface area contributed by atoms with Gasteiger partial charge in [-0.05, 0) is 36.9 Å². The minimum absolute atomic E-state index is 0.293. The maximum atomic E-state index is 10.2. The van der Waals surface area contributed by atoms with Gasteiger partial charge in [-0.3, -0.25) is 4.90 Å². The Morgan fingerprint density at radius 3 is 2.85 bits per heavy atom. The average molecular weight is 372 g/mol. The molecule has 5 nitrogen and oxygen atoms in total. The van der Waals surface area contributed by atoms with Crippen LogP contribution in [0.1, 0.15) is 10.6 Å². The van der Waals surface area contributed by atoms with Gasteiger partial charge in [0.15, 0.2) is 0 Å². The van der Waals surface area contributed by atoms with Crippen LogP contribution >= 0.6 is 11.3 Å². The number of nitrogens with zero attached hydrogens (tertiary/aromatic N) is 2. The van der Waals surface area contributed by atoms with Gasteiger partial charge in [0.2, 0.25) is 0 Å². The van der Waals surface area contributed by atoms with E-state index in [4.69, 9.17) is 9.47 Å². The molecule has 0 spiro atoms. The largest absolute Gasteiger partial charge is 0.497 e. The number of thiazole rings is 1. The number of likely N-dealkylation sites (N-methyl/N-ethyl adjacent to an activating group) is 1. The molecule has 0 saturated heterocycles. The summed E-state index contributed by atoms with van der Waals surface area (Å²) in [5.41, 5.74) is 2.06. The topological polar surface area (TPSA) is 54.8 Å². The molecule has 1 N–H and O–H groups in total. The van der Waals surface area contributed by atoms with Gasteiger partial charge in [0.05, 0.1) is 43.2 Å². The van der Waals surface area contributed by atoms with Crippen molar-refractivity contribution in [2.75, 3.05) is 27.3 Å². The van der Waals surface area contributed by atoms with Crippen molar-refractivity contribution in [1.29, 1.82) is 0 Å². The lowest BCUT2D eigenvalue weighted by atomic mass is 10.2. The van der Waals surface area contributed by atoms with Crippen molar-refractivity contribution in [2.24, 2.45) is 0 Å². The summed E-state index contributed by atoms with van der Waals surface area (Å²) in [5, 5.41) is 11.3. The van der Waals surface area contributed by atoms with E-state index in [1.807, 2.05) is 49.5 Å². The summed E-state index contributed by atoms with van der Waals surface area (Å²) in [7, 11) is 3.63. The molecule has 3 aromatic rings. The fourth-order valence-electron chi connectivity index (χ4n) is 2.77. The Morgan fingerprint density at radius 2 is 2.04 bits per heavy atom. The van der Waals surface area contributed by atoms with Gasteiger partial charge in [0.25, 0.3) is 0 Å². The summed E-state index contributed by atoms with van der Waals surface area (Å²) in [6, 6.07) is 15.9. The third-order valence-corrected chi connectivity index (χ3v) is 5.00. The molecular weight excluding hydrogens is 348 g/mol. The molecule has 26 heavy (non-hydrogen) atoms. The van der Waals surface area contributed by atoms with E-state index in [1.54, 1.807) is 18.4 Å². The highest BCUT2D eigenvalue weighted by atomic mass is 32.1. The van der Waals surface area contributed by atoms with Crippen LogP contribution in [0.25, 0.3) is 10.2 Å². The molecule has 0 fully saturated rings. The van der Waals surface area contributed by atoms with Crippen molar-refractivity contribution in [3.63, 3.8) is 0 Å². The summed E-state index contributed by atoms with van der Waals surface area (Å²) in [4.78, 5) is 6.70. The molecular formula is C20H24N2O3S. The van der Waals surface area contributed by atoms with Crippen LogP contribution in [0.4, 0.5) is 0 Å². The quantitative estimate of drug-likeness (QED) is 0.624. The Hall–Kier alpha value is -1.99. The highest BCUT2D eigenvalue weighted by molar-refractivity contribution is 7.18. The number of hydrogen-bond donors (Lipinski definition) is 1.